The fourth-order valence-electron chi connectivity index (χ4n) is 1.92. The minimum absolute atomic E-state index is 0.111. The summed E-state index contributed by atoms with van der Waals surface area (Å²) in [5.74, 6) is 0.181. The predicted molar refractivity (Wildman–Crippen MR) is 68.6 cm³/mol. The highest BCUT2D eigenvalue weighted by atomic mass is 32.2. The van der Waals surface area contributed by atoms with Crippen molar-refractivity contribution in [3.8, 4) is 0 Å². The summed E-state index contributed by atoms with van der Waals surface area (Å²) in [6, 6.07) is 0.111. The van der Waals surface area contributed by atoms with E-state index >= 15 is 0 Å². The third kappa shape index (κ3) is 4.91. The average Bonchev–Trinajstić information content (AvgIpc) is 2.35. The molecule has 1 rings (SSSR count). The first-order chi connectivity index (χ1) is 8.08. The molecule has 17 heavy (non-hydrogen) atoms. The zero-order chi connectivity index (χ0) is 12.7. The molecule has 1 fully saturated rings. The molecule has 102 valence electrons. The maximum absolute atomic E-state index is 12.0. The molecule has 1 heterocycles. The summed E-state index contributed by atoms with van der Waals surface area (Å²) in [6.45, 7) is 4.80. The number of ether oxygens (including phenoxy) is 1. The highest BCUT2D eigenvalue weighted by Crippen LogP contribution is 2.16. The Kier molecular flexibility index (Phi) is 6.40. The molecular formula is C11H24N2O3S. The van der Waals surface area contributed by atoms with Crippen LogP contribution in [0.2, 0.25) is 0 Å². The van der Waals surface area contributed by atoms with Crippen LogP contribution in [-0.4, -0.2) is 57.9 Å². The maximum atomic E-state index is 12.0. The van der Waals surface area contributed by atoms with Crippen molar-refractivity contribution in [2.75, 3.05) is 39.1 Å². The van der Waals surface area contributed by atoms with Gasteiger partial charge < -0.3 is 10.1 Å². The molecule has 6 heteroatoms. The zero-order valence-corrected chi connectivity index (χ0v) is 11.6. The van der Waals surface area contributed by atoms with Gasteiger partial charge in [0.05, 0.1) is 5.75 Å². The summed E-state index contributed by atoms with van der Waals surface area (Å²) in [5, 5.41) is 3.12. The average molecular weight is 264 g/mol. The van der Waals surface area contributed by atoms with E-state index in [4.69, 9.17) is 4.74 Å². The lowest BCUT2D eigenvalue weighted by Gasteiger charge is -2.30. The Bertz CT molecular complexity index is 300. The molecule has 0 amide bonds. The van der Waals surface area contributed by atoms with Gasteiger partial charge in [-0.15, -0.1) is 0 Å². The Hall–Kier alpha value is -0.170. The normalized spacial score (nSPS) is 18.8. The molecule has 0 aromatic carbocycles. The summed E-state index contributed by atoms with van der Waals surface area (Å²) in [7, 11) is -1.44. The molecule has 0 aromatic heterocycles. The van der Waals surface area contributed by atoms with E-state index < -0.39 is 10.0 Å². The summed E-state index contributed by atoms with van der Waals surface area (Å²) in [5.41, 5.74) is 0. The van der Waals surface area contributed by atoms with Gasteiger partial charge in [-0.25, -0.2) is 12.7 Å². The van der Waals surface area contributed by atoms with Crippen molar-refractivity contribution in [3.05, 3.63) is 0 Å². The van der Waals surface area contributed by atoms with Crippen LogP contribution in [-0.2, 0) is 14.8 Å². The van der Waals surface area contributed by atoms with Crippen molar-refractivity contribution in [2.45, 2.75) is 32.2 Å². The Labute approximate surface area is 105 Å². The predicted octanol–water partition coefficient (Wildman–Crippen LogP) is 0.427. The third-order valence-corrected chi connectivity index (χ3v) is 5.00. The maximum Gasteiger partial charge on any atom is 0.215 e. The molecule has 5 nitrogen and oxygen atoms in total. The molecule has 0 bridgehead atoms. The lowest BCUT2D eigenvalue weighted by atomic mass is 10.1. The van der Waals surface area contributed by atoms with Crippen LogP contribution in [0.15, 0.2) is 0 Å². The van der Waals surface area contributed by atoms with E-state index in [0.717, 1.165) is 25.8 Å². The van der Waals surface area contributed by atoms with Gasteiger partial charge in [0.1, 0.15) is 0 Å². The van der Waals surface area contributed by atoms with E-state index in [2.05, 4.69) is 12.2 Å². The second-order valence-corrected chi connectivity index (χ2v) is 6.57. The largest absolute Gasteiger partial charge is 0.381 e. The molecule has 1 aliphatic heterocycles. The Morgan fingerprint density at radius 2 is 1.94 bits per heavy atom. The van der Waals surface area contributed by atoms with Gasteiger partial charge in [0.2, 0.25) is 10.0 Å². The molecular weight excluding hydrogens is 240 g/mol. The van der Waals surface area contributed by atoms with Crippen molar-refractivity contribution in [3.63, 3.8) is 0 Å². The first-order valence-electron chi connectivity index (χ1n) is 6.32. The number of nitrogens with one attached hydrogen (secondary N) is 1. The monoisotopic (exact) mass is 264 g/mol. The van der Waals surface area contributed by atoms with Gasteiger partial charge in [-0.1, -0.05) is 6.92 Å². The van der Waals surface area contributed by atoms with E-state index in [1.165, 1.54) is 4.31 Å². The molecule has 0 unspecified atom stereocenters. The quantitative estimate of drug-likeness (QED) is 0.677. The Balaban J connectivity index is 2.39. The van der Waals surface area contributed by atoms with Crippen LogP contribution in [0.25, 0.3) is 0 Å². The van der Waals surface area contributed by atoms with Crippen molar-refractivity contribution in [1.82, 2.24) is 9.62 Å². The number of hydrogen-bond donors (Lipinski definition) is 1. The fourth-order valence-corrected chi connectivity index (χ4v) is 3.28. The summed E-state index contributed by atoms with van der Waals surface area (Å²) in [4.78, 5) is 0. The number of rotatable bonds is 7. The number of hydrogen-bond acceptors (Lipinski definition) is 4. The van der Waals surface area contributed by atoms with E-state index in [1.807, 2.05) is 0 Å². The SMILES string of the molecule is CCCNCCS(=O)(=O)N(C)C1CCOCC1. The van der Waals surface area contributed by atoms with E-state index in [-0.39, 0.29) is 11.8 Å². The van der Waals surface area contributed by atoms with Gasteiger partial charge in [0.25, 0.3) is 0 Å². The van der Waals surface area contributed by atoms with Crippen LogP contribution in [0.3, 0.4) is 0 Å². The molecule has 0 atom stereocenters. The highest BCUT2D eigenvalue weighted by Gasteiger charge is 2.27. The molecule has 0 spiro atoms. The summed E-state index contributed by atoms with van der Waals surface area (Å²) >= 11 is 0. The Morgan fingerprint density at radius 1 is 1.29 bits per heavy atom. The molecule has 0 radical (unpaired) electrons. The minimum Gasteiger partial charge on any atom is -0.381 e. The minimum atomic E-state index is -3.13. The van der Waals surface area contributed by atoms with Crippen molar-refractivity contribution in [1.29, 1.82) is 0 Å². The smallest absolute Gasteiger partial charge is 0.215 e. The van der Waals surface area contributed by atoms with Gasteiger partial charge in [0, 0.05) is 32.8 Å². The van der Waals surface area contributed by atoms with E-state index in [0.29, 0.717) is 19.8 Å². The summed E-state index contributed by atoms with van der Waals surface area (Å²) < 4.78 is 30.8. The molecule has 0 saturated carbocycles. The first kappa shape index (κ1) is 14.9. The van der Waals surface area contributed by atoms with Gasteiger partial charge in [-0.2, -0.15) is 0 Å². The topological polar surface area (TPSA) is 58.6 Å². The van der Waals surface area contributed by atoms with Gasteiger partial charge in [-0.05, 0) is 25.8 Å². The fraction of sp³-hybridized carbons (Fsp3) is 1.00. The van der Waals surface area contributed by atoms with Crippen LogP contribution in [0.5, 0.6) is 0 Å². The molecule has 1 N–H and O–H groups in total. The zero-order valence-electron chi connectivity index (χ0n) is 10.8. The van der Waals surface area contributed by atoms with Crippen LogP contribution >= 0.6 is 0 Å². The highest BCUT2D eigenvalue weighted by molar-refractivity contribution is 7.89. The third-order valence-electron chi connectivity index (χ3n) is 3.11. The van der Waals surface area contributed by atoms with Crippen LogP contribution in [0.1, 0.15) is 26.2 Å². The lowest BCUT2D eigenvalue weighted by molar-refractivity contribution is 0.0632. The van der Waals surface area contributed by atoms with E-state index in [9.17, 15) is 8.42 Å². The van der Waals surface area contributed by atoms with Crippen LogP contribution in [0, 0.1) is 0 Å². The second-order valence-electron chi connectivity index (χ2n) is 4.43. The molecule has 1 aliphatic rings. The van der Waals surface area contributed by atoms with Crippen molar-refractivity contribution in [2.24, 2.45) is 0 Å². The Morgan fingerprint density at radius 3 is 2.53 bits per heavy atom. The first-order valence-corrected chi connectivity index (χ1v) is 7.93. The second kappa shape index (κ2) is 7.31. The summed E-state index contributed by atoms with van der Waals surface area (Å²) in [6.07, 6.45) is 2.63. The van der Waals surface area contributed by atoms with Crippen molar-refractivity contribution >= 4 is 10.0 Å². The lowest BCUT2D eigenvalue weighted by Crippen LogP contribution is -2.43. The van der Waals surface area contributed by atoms with Crippen LogP contribution in [0.4, 0.5) is 0 Å². The van der Waals surface area contributed by atoms with Crippen LogP contribution < -0.4 is 5.32 Å². The van der Waals surface area contributed by atoms with E-state index in [1.54, 1.807) is 7.05 Å². The molecule has 0 aliphatic carbocycles. The number of sulfonamides is 1. The van der Waals surface area contributed by atoms with Gasteiger partial charge in [-0.3, -0.25) is 0 Å². The van der Waals surface area contributed by atoms with Gasteiger partial charge >= 0.3 is 0 Å². The standard InChI is InChI=1S/C11H24N2O3S/c1-3-6-12-7-10-17(14,15)13(2)11-4-8-16-9-5-11/h11-12H,3-10H2,1-2H3. The number of nitrogens with zero attached hydrogens (tertiary/aromatic N) is 1. The molecule has 1 saturated heterocycles. The van der Waals surface area contributed by atoms with Crippen molar-refractivity contribution < 1.29 is 13.2 Å². The molecule has 0 aromatic rings. The van der Waals surface area contributed by atoms with Gasteiger partial charge in [0.15, 0.2) is 0 Å².